The Bertz CT molecular complexity index is 1200. The summed E-state index contributed by atoms with van der Waals surface area (Å²) in [4.78, 5) is 29.0. The number of carbonyl (C=O) groups is 2. The van der Waals surface area contributed by atoms with Crippen LogP contribution in [0.1, 0.15) is 65.3 Å². The first-order valence-corrected chi connectivity index (χ1v) is 14.1. The maximum atomic E-state index is 13.3. The number of hydrogen-bond donors (Lipinski definition) is 3. The van der Waals surface area contributed by atoms with Crippen LogP contribution in [0.15, 0.2) is 29.3 Å². The van der Waals surface area contributed by atoms with Crippen LogP contribution in [0.4, 0.5) is 15.3 Å². The summed E-state index contributed by atoms with van der Waals surface area (Å²) in [7, 11) is -3.93. The molecule has 0 bridgehead atoms. The van der Waals surface area contributed by atoms with Gasteiger partial charge in [-0.15, -0.1) is 11.3 Å². The number of anilines is 1. The maximum absolute atomic E-state index is 13.3. The van der Waals surface area contributed by atoms with Crippen LogP contribution in [0, 0.1) is 0 Å². The molecule has 12 heteroatoms. The van der Waals surface area contributed by atoms with Gasteiger partial charge in [-0.2, -0.15) is 0 Å². The first-order chi connectivity index (χ1) is 16.8. The number of nitrogens with zero attached hydrogens (tertiary/aromatic N) is 1. The van der Waals surface area contributed by atoms with Gasteiger partial charge in [0.15, 0.2) is 0 Å². The average molecular weight is 539 g/mol. The van der Waals surface area contributed by atoms with E-state index in [4.69, 9.17) is 9.47 Å². The van der Waals surface area contributed by atoms with Gasteiger partial charge < -0.3 is 14.8 Å². The molecular formula is C24H34N4O6S2. The van der Waals surface area contributed by atoms with E-state index < -0.39 is 27.7 Å². The Kier molecular flexibility index (Phi) is 8.63. The lowest BCUT2D eigenvalue weighted by Gasteiger charge is -2.34. The molecule has 198 valence electrons. The number of hydrogen-bond acceptors (Lipinski definition) is 8. The van der Waals surface area contributed by atoms with E-state index in [2.05, 4.69) is 20.3 Å². The summed E-state index contributed by atoms with van der Waals surface area (Å²) in [6.45, 7) is 10.7. The van der Waals surface area contributed by atoms with Gasteiger partial charge in [-0.05, 0) is 66.5 Å². The Hall–Kier alpha value is -2.70. The fourth-order valence-electron chi connectivity index (χ4n) is 3.72. The largest absolute Gasteiger partial charge is 0.450 e. The molecule has 0 aliphatic heterocycles. The second-order valence-electron chi connectivity index (χ2n) is 9.94. The minimum Gasteiger partial charge on any atom is -0.450 e. The third-order valence-corrected chi connectivity index (χ3v) is 8.17. The van der Waals surface area contributed by atoms with Crippen LogP contribution in [0.2, 0.25) is 0 Å². The monoisotopic (exact) mass is 538 g/mol. The van der Waals surface area contributed by atoms with Gasteiger partial charge in [0.05, 0.1) is 27.5 Å². The van der Waals surface area contributed by atoms with E-state index in [0.29, 0.717) is 16.1 Å². The highest BCUT2D eigenvalue weighted by molar-refractivity contribution is 7.89. The van der Waals surface area contributed by atoms with E-state index in [1.807, 2.05) is 0 Å². The number of benzene rings is 1. The molecular weight excluding hydrogens is 504 g/mol. The zero-order chi connectivity index (χ0) is 26.7. The third kappa shape index (κ3) is 7.40. The molecule has 10 nitrogen and oxygen atoms in total. The molecule has 1 aromatic heterocycles. The van der Waals surface area contributed by atoms with Crippen LogP contribution in [-0.4, -0.2) is 49.9 Å². The van der Waals surface area contributed by atoms with Crippen molar-refractivity contribution in [1.29, 1.82) is 0 Å². The molecule has 0 saturated heterocycles. The molecule has 1 aliphatic rings. The van der Waals surface area contributed by atoms with Gasteiger partial charge in [0.25, 0.3) is 0 Å². The SMILES string of the molecule is CCOC(=O)Nc1ccc(-c2cnc([C@H]3C[C@H](NC(=O)OC(C)C)C3)s2)c(S(=O)(=O)NC(C)(C)C)c1. The number of rotatable bonds is 8. The van der Waals surface area contributed by atoms with Crippen molar-refractivity contribution in [3.63, 3.8) is 0 Å². The predicted molar refractivity (Wildman–Crippen MR) is 139 cm³/mol. The van der Waals surface area contributed by atoms with Crippen molar-refractivity contribution >= 4 is 39.2 Å². The molecule has 0 radical (unpaired) electrons. The van der Waals surface area contributed by atoms with Crippen LogP contribution >= 0.6 is 11.3 Å². The number of sulfonamides is 1. The maximum Gasteiger partial charge on any atom is 0.411 e. The third-order valence-electron chi connectivity index (χ3n) is 5.17. The van der Waals surface area contributed by atoms with E-state index >= 15 is 0 Å². The van der Waals surface area contributed by atoms with Gasteiger partial charge >= 0.3 is 12.2 Å². The van der Waals surface area contributed by atoms with Crippen LogP contribution in [0.5, 0.6) is 0 Å². The van der Waals surface area contributed by atoms with Crippen LogP contribution < -0.4 is 15.4 Å². The molecule has 1 aliphatic carbocycles. The second kappa shape index (κ2) is 11.1. The standard InChI is InChI=1S/C24H34N4O6S2/c1-7-33-22(29)26-16-8-9-18(20(12-16)36(31,32)28-24(4,5)6)19-13-25-21(35-19)15-10-17(11-15)27-23(30)34-14(2)3/h8-9,12-15,17,28H,7,10-11H2,1-6H3,(H,26,29)(H,27,30)/t15-,17-. The first kappa shape index (κ1) is 27.9. The molecule has 1 fully saturated rings. The normalized spacial score (nSPS) is 17.9. The Morgan fingerprint density at radius 2 is 1.89 bits per heavy atom. The number of carbonyl (C=O) groups excluding carboxylic acids is 2. The topological polar surface area (TPSA) is 136 Å². The molecule has 2 amide bonds. The molecule has 3 rings (SSSR count). The molecule has 0 spiro atoms. The van der Waals surface area contributed by atoms with E-state index in [-0.39, 0.29) is 29.6 Å². The average Bonchev–Trinajstić information content (AvgIpc) is 3.17. The summed E-state index contributed by atoms with van der Waals surface area (Å²) in [6, 6.07) is 4.73. The Morgan fingerprint density at radius 3 is 2.50 bits per heavy atom. The summed E-state index contributed by atoms with van der Waals surface area (Å²) in [6.07, 6.45) is 1.87. The van der Waals surface area contributed by atoms with Crippen LogP contribution in [0.3, 0.4) is 0 Å². The second-order valence-corrected chi connectivity index (χ2v) is 12.7. The first-order valence-electron chi connectivity index (χ1n) is 11.8. The van der Waals surface area contributed by atoms with Crippen molar-refractivity contribution in [1.82, 2.24) is 15.0 Å². The fraction of sp³-hybridized carbons (Fsp3) is 0.542. The van der Waals surface area contributed by atoms with E-state index in [9.17, 15) is 18.0 Å². The number of aromatic nitrogens is 1. The lowest BCUT2D eigenvalue weighted by Crippen LogP contribution is -2.44. The number of ether oxygens (including phenoxy) is 2. The van der Waals surface area contributed by atoms with Gasteiger partial charge in [0.2, 0.25) is 10.0 Å². The molecule has 2 aromatic rings. The molecule has 36 heavy (non-hydrogen) atoms. The predicted octanol–water partition coefficient (Wildman–Crippen LogP) is 4.84. The lowest BCUT2D eigenvalue weighted by atomic mass is 9.81. The minimum absolute atomic E-state index is 0.0220. The van der Waals surface area contributed by atoms with Gasteiger partial charge in [-0.25, -0.2) is 27.7 Å². The van der Waals surface area contributed by atoms with Crippen molar-refractivity contribution in [2.75, 3.05) is 11.9 Å². The highest BCUT2D eigenvalue weighted by atomic mass is 32.2. The number of nitrogens with one attached hydrogen (secondary N) is 3. The highest BCUT2D eigenvalue weighted by Gasteiger charge is 2.34. The van der Waals surface area contributed by atoms with Crippen molar-refractivity contribution < 1.29 is 27.5 Å². The van der Waals surface area contributed by atoms with Gasteiger partial charge in [-0.1, -0.05) is 6.07 Å². The molecule has 1 aromatic carbocycles. The summed E-state index contributed by atoms with van der Waals surface area (Å²) in [5.41, 5.74) is 0.0846. The van der Waals surface area contributed by atoms with Gasteiger partial charge in [0, 0.05) is 34.9 Å². The Balaban J connectivity index is 1.83. The molecule has 3 N–H and O–H groups in total. The van der Waals surface area contributed by atoms with Crippen molar-refractivity contribution in [3.05, 3.63) is 29.4 Å². The van der Waals surface area contributed by atoms with Crippen molar-refractivity contribution in [3.8, 4) is 10.4 Å². The van der Waals surface area contributed by atoms with Crippen LogP contribution in [0.25, 0.3) is 10.4 Å². The zero-order valence-corrected chi connectivity index (χ0v) is 23.0. The highest BCUT2D eigenvalue weighted by Crippen LogP contribution is 2.42. The Morgan fingerprint density at radius 1 is 1.19 bits per heavy atom. The zero-order valence-electron chi connectivity index (χ0n) is 21.4. The van der Waals surface area contributed by atoms with Gasteiger partial charge in [0.1, 0.15) is 0 Å². The summed E-state index contributed by atoms with van der Waals surface area (Å²) in [5, 5.41) is 6.29. The Labute approximate surface area is 216 Å². The quantitative estimate of drug-likeness (QED) is 0.438. The van der Waals surface area contributed by atoms with Crippen molar-refractivity contribution in [2.45, 2.75) is 82.9 Å². The number of alkyl carbamates (subject to hydrolysis) is 1. The number of thiazole rings is 1. The van der Waals surface area contributed by atoms with Gasteiger partial charge in [-0.3, -0.25) is 5.32 Å². The van der Waals surface area contributed by atoms with E-state index in [0.717, 1.165) is 17.8 Å². The van der Waals surface area contributed by atoms with Crippen LogP contribution in [-0.2, 0) is 19.5 Å². The summed E-state index contributed by atoms with van der Waals surface area (Å²) < 4.78 is 39.3. The van der Waals surface area contributed by atoms with E-state index in [1.165, 1.54) is 17.4 Å². The lowest BCUT2D eigenvalue weighted by molar-refractivity contribution is 0.106. The molecule has 1 saturated carbocycles. The van der Waals surface area contributed by atoms with Crippen molar-refractivity contribution in [2.24, 2.45) is 0 Å². The number of amides is 2. The van der Waals surface area contributed by atoms with E-state index in [1.54, 1.807) is 59.9 Å². The smallest absolute Gasteiger partial charge is 0.411 e. The summed E-state index contributed by atoms with van der Waals surface area (Å²) in [5.74, 6) is 0.172. The summed E-state index contributed by atoms with van der Waals surface area (Å²) >= 11 is 1.42. The molecule has 0 unspecified atom stereocenters. The fourth-order valence-corrected chi connectivity index (χ4v) is 6.54. The minimum atomic E-state index is -3.93. The molecule has 1 heterocycles. The molecule has 0 atom stereocenters.